The number of amides is 1. The number of carbonyl (C=O) groups excluding carboxylic acids is 1. The number of carbonyl (C=O) groups is 1. The Kier molecular flexibility index (Phi) is 6.92. The second-order valence-corrected chi connectivity index (χ2v) is 8.14. The highest BCUT2D eigenvalue weighted by Gasteiger charge is 2.14. The van der Waals surface area contributed by atoms with Crippen LogP contribution >= 0.6 is 0 Å². The quantitative estimate of drug-likeness (QED) is 0.503. The molecule has 0 aliphatic heterocycles. The van der Waals surface area contributed by atoms with Crippen LogP contribution in [0.4, 0.5) is 5.82 Å². The Balaban J connectivity index is 1.67. The van der Waals surface area contributed by atoms with E-state index in [1.807, 2.05) is 67.6 Å². The lowest BCUT2D eigenvalue weighted by Gasteiger charge is -2.18. The van der Waals surface area contributed by atoms with E-state index in [4.69, 9.17) is 4.74 Å². The van der Waals surface area contributed by atoms with Gasteiger partial charge in [0.25, 0.3) is 5.91 Å². The molecule has 6 nitrogen and oxygen atoms in total. The zero-order chi connectivity index (χ0) is 22.4. The van der Waals surface area contributed by atoms with Gasteiger partial charge in [0, 0.05) is 18.3 Å². The van der Waals surface area contributed by atoms with Crippen molar-refractivity contribution < 1.29 is 14.6 Å². The van der Waals surface area contributed by atoms with Gasteiger partial charge >= 0.3 is 0 Å². The van der Waals surface area contributed by atoms with Gasteiger partial charge < -0.3 is 20.5 Å². The third-order valence-electron chi connectivity index (χ3n) is 4.88. The summed E-state index contributed by atoms with van der Waals surface area (Å²) in [6, 6.07) is 18.8. The van der Waals surface area contributed by atoms with E-state index in [1.165, 1.54) is 0 Å². The van der Waals surface area contributed by atoms with Crippen LogP contribution in [0.1, 0.15) is 42.7 Å². The fraction of sp³-hybridized carbons (Fsp3) is 0.280. The maximum Gasteiger partial charge on any atom is 0.251 e. The van der Waals surface area contributed by atoms with E-state index in [-0.39, 0.29) is 11.9 Å². The molecule has 3 rings (SSSR count). The third kappa shape index (κ3) is 6.30. The summed E-state index contributed by atoms with van der Waals surface area (Å²) in [6.45, 7) is 5.82. The number of benzene rings is 2. The maximum atomic E-state index is 12.7. The number of methoxy groups -OCH3 is 1. The number of rotatable bonds is 8. The van der Waals surface area contributed by atoms with Gasteiger partial charge in [0.1, 0.15) is 11.6 Å². The van der Waals surface area contributed by atoms with Crippen LogP contribution in [-0.4, -0.2) is 35.3 Å². The molecule has 0 radical (unpaired) electrons. The van der Waals surface area contributed by atoms with Crippen LogP contribution in [0.5, 0.6) is 5.75 Å². The lowest BCUT2D eigenvalue weighted by Crippen LogP contribution is -2.29. The summed E-state index contributed by atoms with van der Waals surface area (Å²) in [4.78, 5) is 17.0. The van der Waals surface area contributed by atoms with Crippen LogP contribution in [0.25, 0.3) is 11.1 Å². The molecule has 0 aliphatic rings. The Morgan fingerprint density at radius 1 is 1.10 bits per heavy atom. The number of aromatic nitrogens is 1. The predicted octanol–water partition coefficient (Wildman–Crippen LogP) is 4.43. The van der Waals surface area contributed by atoms with E-state index in [1.54, 1.807) is 27.2 Å². The topological polar surface area (TPSA) is 83.5 Å². The van der Waals surface area contributed by atoms with Gasteiger partial charge in [-0.05, 0) is 73.9 Å². The van der Waals surface area contributed by atoms with E-state index >= 15 is 0 Å². The summed E-state index contributed by atoms with van der Waals surface area (Å²) in [7, 11) is 1.62. The molecule has 1 atom stereocenters. The van der Waals surface area contributed by atoms with Crippen LogP contribution in [0.15, 0.2) is 66.9 Å². The van der Waals surface area contributed by atoms with E-state index < -0.39 is 5.60 Å². The molecule has 162 valence electrons. The normalized spacial score (nSPS) is 12.2. The Morgan fingerprint density at radius 2 is 1.84 bits per heavy atom. The number of pyridine rings is 1. The van der Waals surface area contributed by atoms with Gasteiger partial charge in [-0.3, -0.25) is 4.79 Å². The highest BCUT2D eigenvalue weighted by Crippen LogP contribution is 2.23. The van der Waals surface area contributed by atoms with Crippen molar-refractivity contribution in [2.75, 3.05) is 19.0 Å². The smallest absolute Gasteiger partial charge is 0.251 e. The molecule has 1 heterocycles. The Labute approximate surface area is 183 Å². The number of hydrogen-bond acceptors (Lipinski definition) is 5. The van der Waals surface area contributed by atoms with Crippen molar-refractivity contribution in [1.82, 2.24) is 10.3 Å². The standard InChI is InChI=1S/C25H29N3O3/c1-17(20-6-5-7-22(14-20)31-4)28-24(29)19-10-8-18(9-11-19)21-12-13-26-23(15-21)27-16-25(2,3)30/h5-15,17,30H,16H2,1-4H3,(H,26,27)(H,28,29)/t17-/m1/s1. The minimum Gasteiger partial charge on any atom is -0.497 e. The molecular weight excluding hydrogens is 390 g/mol. The summed E-state index contributed by atoms with van der Waals surface area (Å²) in [6.07, 6.45) is 1.72. The molecule has 3 N–H and O–H groups in total. The molecule has 0 saturated heterocycles. The number of nitrogens with one attached hydrogen (secondary N) is 2. The van der Waals surface area contributed by atoms with Crippen molar-refractivity contribution in [2.24, 2.45) is 0 Å². The summed E-state index contributed by atoms with van der Waals surface area (Å²) in [5, 5.41) is 16.0. The van der Waals surface area contributed by atoms with Crippen molar-refractivity contribution in [1.29, 1.82) is 0 Å². The van der Waals surface area contributed by atoms with Gasteiger partial charge in [-0.1, -0.05) is 24.3 Å². The monoisotopic (exact) mass is 419 g/mol. The molecule has 2 aromatic carbocycles. The molecule has 1 aromatic heterocycles. The number of anilines is 1. The van der Waals surface area contributed by atoms with Gasteiger partial charge in [-0.2, -0.15) is 0 Å². The zero-order valence-corrected chi connectivity index (χ0v) is 18.3. The SMILES string of the molecule is COc1cccc([C@@H](C)NC(=O)c2ccc(-c3ccnc(NCC(C)(C)O)c3)cc2)c1. The molecule has 31 heavy (non-hydrogen) atoms. The Bertz CT molecular complexity index is 1030. The first-order valence-corrected chi connectivity index (χ1v) is 10.2. The summed E-state index contributed by atoms with van der Waals surface area (Å²) < 4.78 is 5.26. The van der Waals surface area contributed by atoms with Gasteiger partial charge in [0.05, 0.1) is 18.8 Å². The fourth-order valence-corrected chi connectivity index (χ4v) is 3.10. The van der Waals surface area contributed by atoms with Gasteiger partial charge in [0.15, 0.2) is 0 Å². The van der Waals surface area contributed by atoms with Crippen LogP contribution in [-0.2, 0) is 0 Å². The van der Waals surface area contributed by atoms with Crippen LogP contribution in [0.2, 0.25) is 0 Å². The fourth-order valence-electron chi connectivity index (χ4n) is 3.10. The number of hydrogen-bond donors (Lipinski definition) is 3. The minimum absolute atomic E-state index is 0.135. The summed E-state index contributed by atoms with van der Waals surface area (Å²) in [5.74, 6) is 1.31. The van der Waals surface area contributed by atoms with Crippen molar-refractivity contribution in [3.05, 3.63) is 78.0 Å². The van der Waals surface area contributed by atoms with Crippen molar-refractivity contribution >= 4 is 11.7 Å². The molecule has 0 spiro atoms. The number of nitrogens with zero attached hydrogens (tertiary/aromatic N) is 1. The van der Waals surface area contributed by atoms with E-state index in [9.17, 15) is 9.90 Å². The summed E-state index contributed by atoms with van der Waals surface area (Å²) in [5.41, 5.74) is 2.70. The van der Waals surface area contributed by atoms with Gasteiger partial charge in [0.2, 0.25) is 0 Å². The largest absolute Gasteiger partial charge is 0.497 e. The minimum atomic E-state index is -0.825. The molecule has 0 bridgehead atoms. The predicted molar refractivity (Wildman–Crippen MR) is 123 cm³/mol. The first-order chi connectivity index (χ1) is 14.7. The molecule has 3 aromatic rings. The van der Waals surface area contributed by atoms with E-state index in [2.05, 4.69) is 15.6 Å². The second kappa shape index (κ2) is 9.62. The van der Waals surface area contributed by atoms with Gasteiger partial charge in [-0.25, -0.2) is 4.98 Å². The second-order valence-electron chi connectivity index (χ2n) is 8.14. The first kappa shape index (κ1) is 22.3. The lowest BCUT2D eigenvalue weighted by molar-refractivity contribution is 0.0934. The van der Waals surface area contributed by atoms with E-state index in [0.29, 0.717) is 17.9 Å². The molecule has 0 aliphatic carbocycles. The highest BCUT2D eigenvalue weighted by atomic mass is 16.5. The highest BCUT2D eigenvalue weighted by molar-refractivity contribution is 5.95. The molecule has 6 heteroatoms. The molecule has 0 fully saturated rings. The number of ether oxygens (including phenoxy) is 1. The third-order valence-corrected chi connectivity index (χ3v) is 4.88. The van der Waals surface area contributed by atoms with Crippen molar-refractivity contribution in [3.63, 3.8) is 0 Å². The maximum absolute atomic E-state index is 12.7. The average Bonchev–Trinajstić information content (AvgIpc) is 2.77. The van der Waals surface area contributed by atoms with Crippen LogP contribution in [0, 0.1) is 0 Å². The Hall–Kier alpha value is -3.38. The first-order valence-electron chi connectivity index (χ1n) is 10.2. The molecule has 1 amide bonds. The average molecular weight is 420 g/mol. The Morgan fingerprint density at radius 3 is 2.52 bits per heavy atom. The van der Waals surface area contributed by atoms with Crippen molar-refractivity contribution in [2.45, 2.75) is 32.4 Å². The number of aliphatic hydroxyl groups is 1. The molecule has 0 saturated carbocycles. The van der Waals surface area contributed by atoms with E-state index in [0.717, 1.165) is 22.4 Å². The van der Waals surface area contributed by atoms with Crippen LogP contribution in [0.3, 0.4) is 0 Å². The zero-order valence-electron chi connectivity index (χ0n) is 18.3. The van der Waals surface area contributed by atoms with Crippen molar-refractivity contribution in [3.8, 4) is 16.9 Å². The molecular formula is C25H29N3O3. The summed E-state index contributed by atoms with van der Waals surface area (Å²) >= 11 is 0. The van der Waals surface area contributed by atoms with Crippen LogP contribution < -0.4 is 15.4 Å². The molecule has 0 unspecified atom stereocenters. The van der Waals surface area contributed by atoms with Gasteiger partial charge in [-0.15, -0.1) is 0 Å². The lowest BCUT2D eigenvalue weighted by atomic mass is 10.0.